The lowest BCUT2D eigenvalue weighted by Crippen LogP contribution is -2.08. The quantitative estimate of drug-likeness (QED) is 0.197. The lowest BCUT2D eigenvalue weighted by molar-refractivity contribution is -0.140. The summed E-state index contributed by atoms with van der Waals surface area (Å²) in [6.07, 6.45) is 3.55. The summed E-state index contributed by atoms with van der Waals surface area (Å²) < 4.78 is 13.4. The molecule has 0 saturated carbocycles. The van der Waals surface area contributed by atoms with Gasteiger partial charge in [0.15, 0.2) is 0 Å². The van der Waals surface area contributed by atoms with E-state index in [0.717, 1.165) is 12.2 Å². The first kappa shape index (κ1) is 29.3. The van der Waals surface area contributed by atoms with Gasteiger partial charge in [0.05, 0.1) is 19.8 Å². The number of carbonyl (C=O) groups is 3. The van der Waals surface area contributed by atoms with Crippen LogP contribution in [-0.2, 0) is 28.6 Å². The second-order valence-electron chi connectivity index (χ2n) is 4.54. The molecule has 0 heterocycles. The Bertz CT molecular complexity index is 444. The van der Waals surface area contributed by atoms with E-state index < -0.39 is 17.9 Å². The highest BCUT2D eigenvalue weighted by Gasteiger charge is 1.99. The van der Waals surface area contributed by atoms with Gasteiger partial charge in [0, 0.05) is 24.3 Å². The predicted octanol–water partition coefficient (Wildman–Crippen LogP) is 0.294. The van der Waals surface area contributed by atoms with Gasteiger partial charge in [-0.25, -0.2) is 14.4 Å². The minimum absolute atomic E-state index is 0.0465. The predicted molar refractivity (Wildman–Crippen MR) is 98.6 cm³/mol. The van der Waals surface area contributed by atoms with Gasteiger partial charge in [0.2, 0.25) is 0 Å². The Kier molecular flexibility index (Phi) is 25.5. The van der Waals surface area contributed by atoms with Gasteiger partial charge in [-0.1, -0.05) is 19.7 Å². The molecule has 27 heavy (non-hydrogen) atoms. The third-order valence-electron chi connectivity index (χ3n) is 2.14. The summed E-state index contributed by atoms with van der Waals surface area (Å²) in [6.45, 7) is 11.6. The molecule has 3 N–H and O–H groups in total. The van der Waals surface area contributed by atoms with Crippen LogP contribution in [0.25, 0.3) is 0 Å². The largest absolute Gasteiger partial charge is 0.463 e. The van der Waals surface area contributed by atoms with Gasteiger partial charge in [-0.3, -0.25) is 0 Å². The number of carbonyl (C=O) groups excluding carboxylic acids is 3. The Morgan fingerprint density at radius 3 is 1.59 bits per heavy atom. The van der Waals surface area contributed by atoms with E-state index in [4.69, 9.17) is 15.3 Å². The second kappa shape index (κ2) is 23.5. The van der Waals surface area contributed by atoms with Crippen molar-refractivity contribution in [3.8, 4) is 0 Å². The molecule has 9 nitrogen and oxygen atoms in total. The van der Waals surface area contributed by atoms with E-state index in [-0.39, 0.29) is 33.0 Å². The van der Waals surface area contributed by atoms with E-state index in [0.29, 0.717) is 25.0 Å². The zero-order valence-corrected chi connectivity index (χ0v) is 15.7. The van der Waals surface area contributed by atoms with E-state index in [1.54, 1.807) is 6.92 Å². The van der Waals surface area contributed by atoms with Crippen LogP contribution in [-0.4, -0.2) is 72.9 Å². The molecular formula is C18H30O9. The zero-order chi connectivity index (χ0) is 21.5. The van der Waals surface area contributed by atoms with E-state index >= 15 is 0 Å². The van der Waals surface area contributed by atoms with E-state index in [1.165, 1.54) is 0 Å². The lowest BCUT2D eigenvalue weighted by Gasteiger charge is -1.99. The van der Waals surface area contributed by atoms with Crippen LogP contribution in [0.5, 0.6) is 0 Å². The van der Waals surface area contributed by atoms with Gasteiger partial charge < -0.3 is 29.5 Å². The molecule has 0 rings (SSSR count). The van der Waals surface area contributed by atoms with Crippen molar-refractivity contribution in [1.29, 1.82) is 0 Å². The fourth-order valence-electron chi connectivity index (χ4n) is 0.912. The van der Waals surface area contributed by atoms with Gasteiger partial charge in [-0.15, -0.1) is 0 Å². The first-order valence-corrected chi connectivity index (χ1v) is 8.04. The van der Waals surface area contributed by atoms with Crippen molar-refractivity contribution >= 4 is 17.9 Å². The van der Waals surface area contributed by atoms with Crippen molar-refractivity contribution < 1.29 is 43.9 Å². The standard InChI is InChI=1S/C7H12O3.C6H10O3.C5H8O3/c1-2-7(9)10-6-4-3-5-8;1-5(2)6(8)9-4-3-7;1-2-5(7)8-4-3-6/h2,8H,1,3-6H2;7H,1,3-4H2,2H3;2,6H,1,3-4H2. The van der Waals surface area contributed by atoms with Crippen LogP contribution in [0, 0.1) is 0 Å². The molecule has 0 aromatic heterocycles. The fraction of sp³-hybridized carbons (Fsp3) is 0.500. The summed E-state index contributed by atoms with van der Waals surface area (Å²) in [6, 6.07) is 0. The maximum atomic E-state index is 10.5. The van der Waals surface area contributed by atoms with Gasteiger partial charge in [0.1, 0.15) is 13.2 Å². The summed E-state index contributed by atoms with van der Waals surface area (Å²) >= 11 is 0. The van der Waals surface area contributed by atoms with Crippen LogP contribution in [0.3, 0.4) is 0 Å². The molecule has 0 aliphatic carbocycles. The van der Waals surface area contributed by atoms with Crippen molar-refractivity contribution in [2.45, 2.75) is 19.8 Å². The molecule has 0 fully saturated rings. The minimum atomic E-state index is -0.501. The maximum Gasteiger partial charge on any atom is 0.333 e. The fourth-order valence-corrected chi connectivity index (χ4v) is 0.912. The first-order chi connectivity index (χ1) is 12.8. The van der Waals surface area contributed by atoms with Crippen molar-refractivity contribution in [3.63, 3.8) is 0 Å². The summed E-state index contributed by atoms with van der Waals surface area (Å²) in [7, 11) is 0. The van der Waals surface area contributed by atoms with Crippen LogP contribution in [0.2, 0.25) is 0 Å². The Labute approximate surface area is 159 Å². The molecule has 0 aliphatic heterocycles. The Balaban J connectivity index is -0.000000322. The highest BCUT2D eigenvalue weighted by Crippen LogP contribution is 1.90. The second-order valence-corrected chi connectivity index (χ2v) is 4.54. The number of aliphatic hydroxyl groups excluding tert-OH is 3. The number of unbranched alkanes of at least 4 members (excludes halogenated alkanes) is 1. The molecule has 0 aliphatic rings. The molecule has 0 atom stereocenters. The molecule has 0 aromatic carbocycles. The average Bonchev–Trinajstić information content (AvgIpc) is 2.68. The smallest absolute Gasteiger partial charge is 0.333 e. The van der Waals surface area contributed by atoms with E-state index in [9.17, 15) is 14.4 Å². The van der Waals surface area contributed by atoms with Crippen molar-refractivity contribution in [2.24, 2.45) is 0 Å². The molecule has 0 bridgehead atoms. The third kappa shape index (κ3) is 28.6. The van der Waals surface area contributed by atoms with Crippen molar-refractivity contribution in [1.82, 2.24) is 0 Å². The minimum Gasteiger partial charge on any atom is -0.463 e. The number of esters is 3. The Morgan fingerprint density at radius 1 is 0.778 bits per heavy atom. The zero-order valence-electron chi connectivity index (χ0n) is 15.7. The number of aliphatic hydroxyl groups is 3. The van der Waals surface area contributed by atoms with Crippen LogP contribution in [0.15, 0.2) is 37.5 Å². The molecule has 0 saturated heterocycles. The molecule has 0 aromatic rings. The van der Waals surface area contributed by atoms with Crippen LogP contribution >= 0.6 is 0 Å². The van der Waals surface area contributed by atoms with Crippen LogP contribution in [0.1, 0.15) is 19.8 Å². The van der Waals surface area contributed by atoms with E-state index in [1.807, 2.05) is 0 Å². The summed E-state index contributed by atoms with van der Waals surface area (Å²) in [5.41, 5.74) is 0.350. The molecule has 0 unspecified atom stereocenters. The summed E-state index contributed by atoms with van der Waals surface area (Å²) in [4.78, 5) is 31.0. The molecule has 0 spiro atoms. The van der Waals surface area contributed by atoms with Gasteiger partial charge in [-0.2, -0.15) is 0 Å². The normalized spacial score (nSPS) is 8.59. The topological polar surface area (TPSA) is 140 Å². The molecule has 9 heteroatoms. The first-order valence-electron chi connectivity index (χ1n) is 8.04. The lowest BCUT2D eigenvalue weighted by atomic mass is 10.3. The summed E-state index contributed by atoms with van der Waals surface area (Å²) in [5.74, 6) is -1.36. The third-order valence-corrected chi connectivity index (χ3v) is 2.14. The molecule has 156 valence electrons. The monoisotopic (exact) mass is 390 g/mol. The van der Waals surface area contributed by atoms with Crippen LogP contribution < -0.4 is 0 Å². The van der Waals surface area contributed by atoms with Crippen molar-refractivity contribution in [3.05, 3.63) is 37.5 Å². The Morgan fingerprint density at radius 2 is 1.22 bits per heavy atom. The highest BCUT2D eigenvalue weighted by molar-refractivity contribution is 5.86. The number of rotatable bonds is 11. The number of hydrogen-bond donors (Lipinski definition) is 3. The molecule has 0 radical (unpaired) electrons. The van der Waals surface area contributed by atoms with Crippen molar-refractivity contribution in [2.75, 3.05) is 39.6 Å². The van der Waals surface area contributed by atoms with Gasteiger partial charge >= 0.3 is 17.9 Å². The van der Waals surface area contributed by atoms with E-state index in [2.05, 4.69) is 33.9 Å². The maximum absolute atomic E-state index is 10.5. The SMILES string of the molecule is C=C(C)C(=O)OCCO.C=CC(=O)OCCCCO.C=CC(=O)OCCO. The number of ether oxygens (including phenoxy) is 3. The van der Waals surface area contributed by atoms with Gasteiger partial charge in [-0.05, 0) is 19.8 Å². The van der Waals surface area contributed by atoms with Crippen LogP contribution in [0.4, 0.5) is 0 Å². The Hall–Kier alpha value is -2.49. The highest BCUT2D eigenvalue weighted by atomic mass is 16.5. The average molecular weight is 390 g/mol. The number of hydrogen-bond acceptors (Lipinski definition) is 9. The molecule has 0 amide bonds. The molecular weight excluding hydrogens is 360 g/mol. The summed E-state index contributed by atoms with van der Waals surface area (Å²) in [5, 5.41) is 24.6. The van der Waals surface area contributed by atoms with Gasteiger partial charge in [0.25, 0.3) is 0 Å².